The summed E-state index contributed by atoms with van der Waals surface area (Å²) in [5.41, 5.74) is 3.50. The summed E-state index contributed by atoms with van der Waals surface area (Å²) in [5, 5.41) is 9.99. The lowest BCUT2D eigenvalue weighted by Crippen LogP contribution is -2.27. The van der Waals surface area contributed by atoms with Crippen LogP contribution in [0.4, 0.5) is 0 Å². The van der Waals surface area contributed by atoms with Crippen LogP contribution in [0.2, 0.25) is 0 Å². The summed E-state index contributed by atoms with van der Waals surface area (Å²) in [4.78, 5) is 25.5. The number of fused-ring (bicyclic) bond motifs is 1. The first-order chi connectivity index (χ1) is 13.2. The molecule has 2 N–H and O–H groups in total. The molecule has 3 aromatic heterocycles. The van der Waals surface area contributed by atoms with E-state index in [9.17, 15) is 4.79 Å². The first kappa shape index (κ1) is 17.1. The fraction of sp³-hybridized carbons (Fsp3) is 0.316. The number of methoxy groups -OCH3 is 1. The number of rotatable bonds is 6. The summed E-state index contributed by atoms with van der Waals surface area (Å²) in [5.74, 6) is 1.48. The summed E-state index contributed by atoms with van der Waals surface area (Å²) in [7, 11) is 1.54. The summed E-state index contributed by atoms with van der Waals surface area (Å²) in [6.07, 6.45) is 6.93. The Bertz CT molecular complexity index is 954. The van der Waals surface area contributed by atoms with Gasteiger partial charge in [0.2, 0.25) is 5.88 Å². The number of hydrogen-bond acceptors (Lipinski definition) is 6. The molecule has 1 aliphatic carbocycles. The lowest BCUT2D eigenvalue weighted by Gasteiger charge is -2.10. The molecule has 0 atom stereocenters. The van der Waals surface area contributed by atoms with Gasteiger partial charge in [0.1, 0.15) is 11.4 Å². The monoisotopic (exact) mass is 364 g/mol. The lowest BCUT2D eigenvalue weighted by molar-refractivity contribution is 0.0950. The number of carbonyl (C=O) groups excluding carboxylic acids is 1. The van der Waals surface area contributed by atoms with E-state index in [0.717, 1.165) is 36.1 Å². The standard InChI is InChI=1S/C19H20N6O2/c1-27-19-14(10-12-4-2-6-15(12)22-19)18(26)21-9-7-16-23-17(25-24-16)13-5-3-8-20-11-13/h3,5,8,10-11H,2,4,6-7,9H2,1H3,(H,21,26)(H,23,24,25). The van der Waals surface area contributed by atoms with E-state index in [1.807, 2.05) is 18.2 Å². The van der Waals surface area contributed by atoms with Crippen molar-refractivity contribution in [1.29, 1.82) is 0 Å². The molecular formula is C19H20N6O2. The first-order valence-electron chi connectivity index (χ1n) is 8.91. The van der Waals surface area contributed by atoms with Crippen molar-refractivity contribution in [2.24, 2.45) is 0 Å². The molecule has 8 nitrogen and oxygen atoms in total. The predicted molar refractivity (Wildman–Crippen MR) is 98.5 cm³/mol. The highest BCUT2D eigenvalue weighted by Crippen LogP contribution is 2.26. The average molecular weight is 364 g/mol. The molecule has 0 spiro atoms. The van der Waals surface area contributed by atoms with Crippen LogP contribution < -0.4 is 10.1 Å². The second-order valence-electron chi connectivity index (χ2n) is 6.36. The summed E-state index contributed by atoms with van der Waals surface area (Å²) < 4.78 is 5.30. The molecule has 27 heavy (non-hydrogen) atoms. The molecule has 0 saturated carbocycles. The third-order valence-corrected chi connectivity index (χ3v) is 4.55. The van der Waals surface area contributed by atoms with E-state index in [4.69, 9.17) is 4.74 Å². The van der Waals surface area contributed by atoms with Crippen LogP contribution in [0.15, 0.2) is 30.6 Å². The number of nitrogens with one attached hydrogen (secondary N) is 2. The normalized spacial score (nSPS) is 12.6. The van der Waals surface area contributed by atoms with Crippen molar-refractivity contribution >= 4 is 5.91 Å². The Morgan fingerprint density at radius 3 is 3.07 bits per heavy atom. The molecule has 4 rings (SSSR count). The van der Waals surface area contributed by atoms with Gasteiger partial charge in [0.25, 0.3) is 5.91 Å². The van der Waals surface area contributed by atoms with Crippen molar-refractivity contribution in [2.45, 2.75) is 25.7 Å². The molecule has 0 unspecified atom stereocenters. The maximum absolute atomic E-state index is 12.6. The summed E-state index contributed by atoms with van der Waals surface area (Å²) in [6.45, 7) is 0.431. The van der Waals surface area contributed by atoms with Gasteiger partial charge in [0.15, 0.2) is 5.82 Å². The van der Waals surface area contributed by atoms with Crippen LogP contribution in [0, 0.1) is 0 Å². The second-order valence-corrected chi connectivity index (χ2v) is 6.36. The Morgan fingerprint density at radius 2 is 2.26 bits per heavy atom. The van der Waals surface area contributed by atoms with Crippen LogP contribution in [-0.4, -0.2) is 44.7 Å². The van der Waals surface area contributed by atoms with Crippen LogP contribution in [-0.2, 0) is 19.3 Å². The van der Waals surface area contributed by atoms with Crippen LogP contribution in [0.1, 0.15) is 33.9 Å². The molecule has 0 bridgehead atoms. The number of carbonyl (C=O) groups is 1. The van der Waals surface area contributed by atoms with E-state index < -0.39 is 0 Å². The molecule has 0 saturated heterocycles. The molecule has 0 aliphatic heterocycles. The molecule has 1 amide bonds. The van der Waals surface area contributed by atoms with Crippen LogP contribution in [0.5, 0.6) is 5.88 Å². The number of aromatic amines is 1. The van der Waals surface area contributed by atoms with Gasteiger partial charge in [-0.1, -0.05) is 0 Å². The minimum absolute atomic E-state index is 0.193. The number of pyridine rings is 2. The molecular weight excluding hydrogens is 344 g/mol. The summed E-state index contributed by atoms with van der Waals surface area (Å²) >= 11 is 0. The number of aryl methyl sites for hydroxylation is 2. The fourth-order valence-corrected chi connectivity index (χ4v) is 3.19. The zero-order valence-corrected chi connectivity index (χ0v) is 15.0. The van der Waals surface area contributed by atoms with E-state index in [1.165, 1.54) is 7.11 Å². The van der Waals surface area contributed by atoms with Gasteiger partial charge in [-0.2, -0.15) is 5.10 Å². The Hall–Kier alpha value is -3.29. The molecule has 0 aromatic carbocycles. The van der Waals surface area contributed by atoms with Gasteiger partial charge >= 0.3 is 0 Å². The zero-order valence-electron chi connectivity index (χ0n) is 15.0. The number of amides is 1. The Morgan fingerprint density at radius 1 is 1.33 bits per heavy atom. The average Bonchev–Trinajstić information content (AvgIpc) is 3.36. The second kappa shape index (κ2) is 7.53. The van der Waals surface area contributed by atoms with Crippen LogP contribution in [0.25, 0.3) is 11.4 Å². The van der Waals surface area contributed by atoms with Crippen molar-refractivity contribution in [3.8, 4) is 17.3 Å². The Balaban J connectivity index is 1.38. The third-order valence-electron chi connectivity index (χ3n) is 4.55. The van der Waals surface area contributed by atoms with Gasteiger partial charge in [-0.05, 0) is 43.0 Å². The highest BCUT2D eigenvalue weighted by Gasteiger charge is 2.20. The van der Waals surface area contributed by atoms with E-state index in [1.54, 1.807) is 12.4 Å². The van der Waals surface area contributed by atoms with E-state index in [2.05, 4.69) is 30.5 Å². The number of aromatic nitrogens is 5. The number of ether oxygens (including phenoxy) is 1. The van der Waals surface area contributed by atoms with Gasteiger partial charge in [-0.15, -0.1) is 0 Å². The molecule has 3 heterocycles. The number of hydrogen-bond donors (Lipinski definition) is 2. The largest absolute Gasteiger partial charge is 0.480 e. The van der Waals surface area contributed by atoms with Gasteiger partial charge in [0, 0.05) is 36.6 Å². The maximum atomic E-state index is 12.6. The minimum Gasteiger partial charge on any atom is -0.480 e. The van der Waals surface area contributed by atoms with Crippen LogP contribution >= 0.6 is 0 Å². The predicted octanol–water partition coefficient (Wildman–Crippen LogP) is 1.73. The Labute approximate surface area is 156 Å². The maximum Gasteiger partial charge on any atom is 0.256 e. The fourth-order valence-electron chi connectivity index (χ4n) is 3.19. The first-order valence-corrected chi connectivity index (χ1v) is 8.91. The molecule has 0 radical (unpaired) electrons. The van der Waals surface area contributed by atoms with Crippen LogP contribution in [0.3, 0.4) is 0 Å². The van der Waals surface area contributed by atoms with Gasteiger partial charge in [-0.3, -0.25) is 14.9 Å². The topological polar surface area (TPSA) is 106 Å². The van der Waals surface area contributed by atoms with Gasteiger partial charge in [0.05, 0.1) is 7.11 Å². The lowest BCUT2D eigenvalue weighted by atomic mass is 10.1. The van der Waals surface area contributed by atoms with E-state index >= 15 is 0 Å². The molecule has 1 aliphatic rings. The quantitative estimate of drug-likeness (QED) is 0.690. The van der Waals surface area contributed by atoms with E-state index in [-0.39, 0.29) is 5.91 Å². The smallest absolute Gasteiger partial charge is 0.256 e. The SMILES string of the molecule is COc1nc2c(cc1C(=O)NCCc1nc(-c3cccnc3)n[nH]1)CCC2. The van der Waals surface area contributed by atoms with Gasteiger partial charge in [-0.25, -0.2) is 9.97 Å². The highest BCUT2D eigenvalue weighted by atomic mass is 16.5. The van der Waals surface area contributed by atoms with Gasteiger partial charge < -0.3 is 10.1 Å². The molecule has 8 heteroatoms. The van der Waals surface area contributed by atoms with E-state index in [0.29, 0.717) is 36.1 Å². The van der Waals surface area contributed by atoms with Crippen molar-refractivity contribution in [2.75, 3.05) is 13.7 Å². The number of H-pyrrole nitrogens is 1. The Kier molecular flexibility index (Phi) is 4.78. The molecule has 138 valence electrons. The third kappa shape index (κ3) is 3.64. The van der Waals surface area contributed by atoms with Crippen molar-refractivity contribution in [3.05, 3.63) is 53.2 Å². The zero-order chi connectivity index (χ0) is 18.6. The highest BCUT2D eigenvalue weighted by molar-refractivity contribution is 5.96. The van der Waals surface area contributed by atoms with Crippen molar-refractivity contribution in [1.82, 2.24) is 30.5 Å². The van der Waals surface area contributed by atoms with Crippen molar-refractivity contribution in [3.63, 3.8) is 0 Å². The molecule has 3 aromatic rings. The number of nitrogens with zero attached hydrogens (tertiary/aromatic N) is 4. The molecule has 0 fully saturated rings. The van der Waals surface area contributed by atoms with Crippen molar-refractivity contribution < 1.29 is 9.53 Å². The summed E-state index contributed by atoms with van der Waals surface area (Å²) in [6, 6.07) is 5.64. The minimum atomic E-state index is -0.193.